The summed E-state index contributed by atoms with van der Waals surface area (Å²) < 4.78 is 1.84. The van der Waals surface area contributed by atoms with E-state index in [2.05, 4.69) is 30.3 Å². The number of nitrogens with zero attached hydrogens (tertiary/aromatic N) is 1. The second-order valence-electron chi connectivity index (χ2n) is 6.24. The Kier molecular flexibility index (Phi) is 2.98. The second-order valence-corrected chi connectivity index (χ2v) is 6.24. The van der Waals surface area contributed by atoms with Crippen LogP contribution in [-0.4, -0.2) is 10.5 Å². The quantitative estimate of drug-likeness (QED) is 0.392. The minimum atomic E-state index is 0.00193. The molecule has 2 nitrogen and oxygen atoms in total. The summed E-state index contributed by atoms with van der Waals surface area (Å²) in [5, 5.41) is 4.54. The maximum absolute atomic E-state index is 13.2. The maximum Gasteiger partial charge on any atom is 0.262 e. The molecule has 5 aromatic rings. The monoisotopic (exact) mass is 321 g/mol. The molecule has 118 valence electrons. The summed E-state index contributed by atoms with van der Waals surface area (Å²) in [5.41, 5.74) is 2.59. The highest BCUT2D eigenvalue weighted by Crippen LogP contribution is 2.32. The Hall–Kier alpha value is -3.39. The first-order valence-electron chi connectivity index (χ1n) is 8.35. The Morgan fingerprint density at radius 1 is 0.600 bits per heavy atom. The number of fused-ring (bicyclic) bond motifs is 4. The van der Waals surface area contributed by atoms with Crippen LogP contribution in [0.5, 0.6) is 0 Å². The third-order valence-electron chi connectivity index (χ3n) is 4.76. The summed E-state index contributed by atoms with van der Waals surface area (Å²) in [6.07, 6.45) is 0. The van der Waals surface area contributed by atoms with Crippen molar-refractivity contribution in [2.75, 3.05) is 0 Å². The van der Waals surface area contributed by atoms with Crippen molar-refractivity contribution in [3.05, 3.63) is 96.6 Å². The fourth-order valence-electron chi connectivity index (χ4n) is 3.58. The van der Waals surface area contributed by atoms with Gasteiger partial charge in [0.15, 0.2) is 0 Å². The average molecular weight is 321 g/mol. The van der Waals surface area contributed by atoms with Gasteiger partial charge in [0.2, 0.25) is 0 Å². The van der Waals surface area contributed by atoms with Gasteiger partial charge < -0.3 is 0 Å². The van der Waals surface area contributed by atoms with E-state index in [4.69, 9.17) is 0 Å². The van der Waals surface area contributed by atoms with E-state index in [1.165, 1.54) is 5.39 Å². The Morgan fingerprint density at radius 2 is 1.24 bits per heavy atom. The smallest absolute Gasteiger partial charge is 0.262 e. The first kappa shape index (κ1) is 14.0. The van der Waals surface area contributed by atoms with Gasteiger partial charge in [-0.05, 0) is 41.1 Å². The average Bonchev–Trinajstić information content (AvgIpc) is 3.00. The van der Waals surface area contributed by atoms with E-state index >= 15 is 0 Å². The van der Waals surface area contributed by atoms with E-state index in [1.54, 1.807) is 0 Å². The zero-order valence-corrected chi connectivity index (χ0v) is 13.5. The molecule has 0 saturated carbocycles. The van der Waals surface area contributed by atoms with Crippen molar-refractivity contribution in [3.63, 3.8) is 0 Å². The van der Waals surface area contributed by atoms with Crippen LogP contribution in [0.2, 0.25) is 0 Å². The molecule has 4 aromatic carbocycles. The maximum atomic E-state index is 13.2. The van der Waals surface area contributed by atoms with Crippen molar-refractivity contribution in [1.82, 2.24) is 4.57 Å². The van der Waals surface area contributed by atoms with Gasteiger partial charge in [-0.15, -0.1) is 0 Å². The molecule has 25 heavy (non-hydrogen) atoms. The molecule has 0 amide bonds. The standard InChI is InChI=1S/C23H15NO/c25-23(16-8-2-1-3-9-16)24-21-13-7-6-12-19(21)20-14-17-10-4-5-11-18(17)15-22(20)24/h1-15H. The molecule has 1 heterocycles. The summed E-state index contributed by atoms with van der Waals surface area (Å²) in [6, 6.07) is 30.1. The molecule has 0 N–H and O–H groups in total. The molecule has 0 atom stereocenters. The summed E-state index contributed by atoms with van der Waals surface area (Å²) in [7, 11) is 0. The Bertz CT molecular complexity index is 1250. The molecule has 0 spiro atoms. The number of aromatic nitrogens is 1. The predicted octanol–water partition coefficient (Wildman–Crippen LogP) is 5.64. The molecule has 0 radical (unpaired) electrons. The van der Waals surface area contributed by atoms with Crippen molar-refractivity contribution in [2.24, 2.45) is 0 Å². The van der Waals surface area contributed by atoms with Gasteiger partial charge in [0, 0.05) is 16.3 Å². The Labute approximate surface area is 144 Å². The summed E-state index contributed by atoms with van der Waals surface area (Å²) in [6.45, 7) is 0. The van der Waals surface area contributed by atoms with Crippen LogP contribution < -0.4 is 0 Å². The Balaban J connectivity index is 1.93. The molecule has 5 rings (SSSR count). The summed E-state index contributed by atoms with van der Waals surface area (Å²) in [4.78, 5) is 13.2. The van der Waals surface area contributed by atoms with Crippen LogP contribution in [-0.2, 0) is 0 Å². The molecule has 2 heteroatoms. The lowest BCUT2D eigenvalue weighted by Gasteiger charge is -2.07. The zero-order chi connectivity index (χ0) is 16.8. The van der Waals surface area contributed by atoms with Gasteiger partial charge in [-0.1, -0.05) is 60.7 Å². The van der Waals surface area contributed by atoms with Crippen molar-refractivity contribution >= 4 is 38.5 Å². The highest BCUT2D eigenvalue weighted by atomic mass is 16.2. The van der Waals surface area contributed by atoms with E-state index in [1.807, 2.05) is 65.2 Å². The number of hydrogen-bond donors (Lipinski definition) is 0. The van der Waals surface area contributed by atoms with Crippen molar-refractivity contribution < 1.29 is 4.79 Å². The molecule has 1 aromatic heterocycles. The van der Waals surface area contributed by atoms with E-state index in [9.17, 15) is 4.79 Å². The van der Waals surface area contributed by atoms with Crippen LogP contribution in [0.1, 0.15) is 10.4 Å². The predicted molar refractivity (Wildman–Crippen MR) is 103 cm³/mol. The summed E-state index contributed by atoms with van der Waals surface area (Å²) in [5.74, 6) is 0.00193. The lowest BCUT2D eigenvalue weighted by Crippen LogP contribution is -2.11. The van der Waals surface area contributed by atoms with Gasteiger partial charge in [0.25, 0.3) is 5.91 Å². The van der Waals surface area contributed by atoms with Gasteiger partial charge in [0.05, 0.1) is 11.0 Å². The second kappa shape index (κ2) is 5.32. The van der Waals surface area contributed by atoms with Gasteiger partial charge >= 0.3 is 0 Å². The van der Waals surface area contributed by atoms with Crippen LogP contribution >= 0.6 is 0 Å². The minimum absolute atomic E-state index is 0.00193. The lowest BCUT2D eigenvalue weighted by atomic mass is 10.1. The number of para-hydroxylation sites is 1. The fraction of sp³-hybridized carbons (Fsp3) is 0. The van der Waals surface area contributed by atoms with E-state index < -0.39 is 0 Å². The molecule has 0 saturated heterocycles. The molecule has 0 aliphatic carbocycles. The number of carbonyl (C=O) groups is 1. The highest BCUT2D eigenvalue weighted by Gasteiger charge is 2.17. The fourth-order valence-corrected chi connectivity index (χ4v) is 3.58. The molecule has 0 bridgehead atoms. The molecule has 0 aliphatic rings. The van der Waals surface area contributed by atoms with E-state index in [0.717, 1.165) is 27.2 Å². The number of benzene rings is 4. The highest BCUT2D eigenvalue weighted by molar-refractivity contribution is 6.18. The lowest BCUT2D eigenvalue weighted by molar-refractivity contribution is 0.0969. The number of hydrogen-bond acceptors (Lipinski definition) is 1. The van der Waals surface area contributed by atoms with Gasteiger partial charge in [-0.3, -0.25) is 9.36 Å². The zero-order valence-electron chi connectivity index (χ0n) is 13.5. The molecule has 0 unspecified atom stereocenters. The van der Waals surface area contributed by atoms with Crippen LogP contribution in [0.3, 0.4) is 0 Å². The number of rotatable bonds is 1. The third kappa shape index (κ3) is 2.08. The Morgan fingerprint density at radius 3 is 2.04 bits per heavy atom. The van der Waals surface area contributed by atoms with E-state index in [-0.39, 0.29) is 5.91 Å². The SMILES string of the molecule is O=C(c1ccccc1)n1c2ccccc2c2cc3ccccc3cc21. The molecule has 0 fully saturated rings. The van der Waals surface area contributed by atoms with Crippen LogP contribution in [0.15, 0.2) is 91.0 Å². The van der Waals surface area contributed by atoms with Gasteiger partial charge in [0.1, 0.15) is 0 Å². The van der Waals surface area contributed by atoms with Gasteiger partial charge in [-0.25, -0.2) is 0 Å². The van der Waals surface area contributed by atoms with E-state index in [0.29, 0.717) is 5.56 Å². The van der Waals surface area contributed by atoms with Crippen molar-refractivity contribution in [1.29, 1.82) is 0 Å². The van der Waals surface area contributed by atoms with Gasteiger partial charge in [-0.2, -0.15) is 0 Å². The molecular weight excluding hydrogens is 306 g/mol. The van der Waals surface area contributed by atoms with Crippen molar-refractivity contribution in [2.45, 2.75) is 0 Å². The minimum Gasteiger partial charge on any atom is -0.276 e. The summed E-state index contributed by atoms with van der Waals surface area (Å²) >= 11 is 0. The van der Waals surface area contributed by atoms with Crippen molar-refractivity contribution in [3.8, 4) is 0 Å². The normalized spacial score (nSPS) is 11.4. The largest absolute Gasteiger partial charge is 0.276 e. The first-order chi connectivity index (χ1) is 12.3. The topological polar surface area (TPSA) is 22.0 Å². The third-order valence-corrected chi connectivity index (χ3v) is 4.76. The molecular formula is C23H15NO. The first-order valence-corrected chi connectivity index (χ1v) is 8.35. The molecule has 0 aliphatic heterocycles. The van der Waals surface area contributed by atoms with Crippen LogP contribution in [0.4, 0.5) is 0 Å². The van der Waals surface area contributed by atoms with Crippen LogP contribution in [0, 0.1) is 0 Å². The number of carbonyl (C=O) groups excluding carboxylic acids is 1. The van der Waals surface area contributed by atoms with Crippen LogP contribution in [0.25, 0.3) is 32.6 Å².